The van der Waals surface area contributed by atoms with Crippen LogP contribution in [0.3, 0.4) is 0 Å². The number of hydrogen-bond donors (Lipinski definition) is 2. The van der Waals surface area contributed by atoms with Crippen LogP contribution < -0.4 is 20.5 Å². The van der Waals surface area contributed by atoms with E-state index in [2.05, 4.69) is 5.32 Å². The zero-order valence-electron chi connectivity index (χ0n) is 16.7. The molecule has 3 N–H and O–H groups in total. The van der Waals surface area contributed by atoms with Gasteiger partial charge in [0.05, 0.1) is 12.5 Å². The molecule has 1 aromatic rings. The number of ether oxygens (including phenoxy) is 3. The second kappa shape index (κ2) is 11.1. The Balaban J connectivity index is 0.00000392. The van der Waals surface area contributed by atoms with Crippen LogP contribution in [0, 0.1) is 5.41 Å². The van der Waals surface area contributed by atoms with Crippen LogP contribution in [-0.4, -0.2) is 64.3 Å². The maximum atomic E-state index is 12.6. The van der Waals surface area contributed by atoms with Gasteiger partial charge in [-0.15, -0.1) is 12.4 Å². The van der Waals surface area contributed by atoms with E-state index in [0.717, 1.165) is 5.56 Å². The Labute approximate surface area is 172 Å². The average molecular weight is 416 g/mol. The highest BCUT2D eigenvalue weighted by molar-refractivity contribution is 5.85. The Morgan fingerprint density at radius 3 is 2.50 bits per heavy atom. The molecule has 9 heteroatoms. The SMILES string of the molecule is COc1cc(CNC(=O)C2(CN)CCOCC2)ccc1OCC(=O)N(C)C.Cl. The second-order valence-electron chi connectivity index (χ2n) is 6.84. The number of halogens is 1. The molecule has 1 aliphatic rings. The van der Waals surface area contributed by atoms with Gasteiger partial charge in [-0.25, -0.2) is 0 Å². The van der Waals surface area contributed by atoms with Crippen LogP contribution >= 0.6 is 12.4 Å². The Hall–Kier alpha value is -2.03. The summed E-state index contributed by atoms with van der Waals surface area (Å²) in [7, 11) is 4.87. The number of nitrogens with one attached hydrogen (secondary N) is 1. The fourth-order valence-corrected chi connectivity index (χ4v) is 2.87. The van der Waals surface area contributed by atoms with Crippen molar-refractivity contribution in [2.24, 2.45) is 11.1 Å². The molecular formula is C19H30ClN3O5. The molecule has 0 bridgehead atoms. The summed E-state index contributed by atoms with van der Waals surface area (Å²) in [6, 6.07) is 5.35. The molecule has 0 radical (unpaired) electrons. The number of methoxy groups -OCH3 is 1. The summed E-state index contributed by atoms with van der Waals surface area (Å²) in [6.07, 6.45) is 1.26. The van der Waals surface area contributed by atoms with Gasteiger partial charge in [0, 0.05) is 40.4 Å². The number of hydrogen-bond acceptors (Lipinski definition) is 6. The van der Waals surface area contributed by atoms with Crippen molar-refractivity contribution >= 4 is 24.2 Å². The number of rotatable bonds is 8. The number of nitrogens with zero attached hydrogens (tertiary/aromatic N) is 1. The van der Waals surface area contributed by atoms with Crippen molar-refractivity contribution in [3.8, 4) is 11.5 Å². The van der Waals surface area contributed by atoms with Crippen molar-refractivity contribution in [3.05, 3.63) is 23.8 Å². The summed E-state index contributed by atoms with van der Waals surface area (Å²) >= 11 is 0. The average Bonchev–Trinajstić information content (AvgIpc) is 2.70. The third kappa shape index (κ3) is 5.98. The molecule has 28 heavy (non-hydrogen) atoms. The van der Waals surface area contributed by atoms with E-state index >= 15 is 0 Å². The number of likely N-dealkylation sites (N-methyl/N-ethyl adjacent to an activating group) is 1. The van der Waals surface area contributed by atoms with Crippen LogP contribution in [0.15, 0.2) is 18.2 Å². The topological polar surface area (TPSA) is 103 Å². The molecule has 1 aliphatic heterocycles. The molecule has 0 spiro atoms. The highest BCUT2D eigenvalue weighted by Gasteiger charge is 2.38. The van der Waals surface area contributed by atoms with Gasteiger partial charge >= 0.3 is 0 Å². The number of amides is 2. The van der Waals surface area contributed by atoms with Gasteiger partial charge in [0.15, 0.2) is 18.1 Å². The molecular weight excluding hydrogens is 386 g/mol. The van der Waals surface area contributed by atoms with E-state index < -0.39 is 5.41 Å². The minimum Gasteiger partial charge on any atom is -0.493 e. The third-order valence-corrected chi connectivity index (χ3v) is 4.85. The van der Waals surface area contributed by atoms with Crippen molar-refractivity contribution in [2.75, 3.05) is 47.6 Å². The maximum Gasteiger partial charge on any atom is 0.259 e. The van der Waals surface area contributed by atoms with E-state index in [1.54, 1.807) is 26.2 Å². The summed E-state index contributed by atoms with van der Waals surface area (Å²) in [6.45, 7) is 1.69. The van der Waals surface area contributed by atoms with Crippen molar-refractivity contribution in [1.29, 1.82) is 0 Å². The zero-order valence-corrected chi connectivity index (χ0v) is 17.5. The third-order valence-electron chi connectivity index (χ3n) is 4.85. The van der Waals surface area contributed by atoms with Crippen LogP contribution in [-0.2, 0) is 20.9 Å². The quantitative estimate of drug-likeness (QED) is 0.655. The predicted octanol–water partition coefficient (Wildman–Crippen LogP) is 0.956. The normalized spacial score (nSPS) is 15.1. The fraction of sp³-hybridized carbons (Fsp3) is 0.579. The van der Waals surface area contributed by atoms with Crippen LogP contribution in [0.1, 0.15) is 18.4 Å². The Bertz CT molecular complexity index is 663. The van der Waals surface area contributed by atoms with Crippen LogP contribution in [0.2, 0.25) is 0 Å². The summed E-state index contributed by atoms with van der Waals surface area (Å²) < 4.78 is 16.2. The van der Waals surface area contributed by atoms with Crippen LogP contribution in [0.25, 0.3) is 0 Å². The first-order valence-electron chi connectivity index (χ1n) is 8.98. The minimum absolute atomic E-state index is 0. The van der Waals surface area contributed by atoms with E-state index in [0.29, 0.717) is 50.6 Å². The van der Waals surface area contributed by atoms with E-state index in [-0.39, 0.29) is 30.8 Å². The summed E-state index contributed by atoms with van der Waals surface area (Å²) in [5, 5.41) is 2.96. The van der Waals surface area contributed by atoms with Crippen molar-refractivity contribution in [3.63, 3.8) is 0 Å². The molecule has 0 unspecified atom stereocenters. The summed E-state index contributed by atoms with van der Waals surface area (Å²) in [5.74, 6) is 0.791. The van der Waals surface area contributed by atoms with E-state index in [1.807, 2.05) is 6.07 Å². The highest BCUT2D eigenvalue weighted by atomic mass is 35.5. The number of benzene rings is 1. The van der Waals surface area contributed by atoms with E-state index in [1.165, 1.54) is 12.0 Å². The molecule has 2 rings (SSSR count). The summed E-state index contributed by atoms with van der Waals surface area (Å²) in [5.41, 5.74) is 6.18. The monoisotopic (exact) mass is 415 g/mol. The van der Waals surface area contributed by atoms with Crippen molar-refractivity contribution < 1.29 is 23.8 Å². The fourth-order valence-electron chi connectivity index (χ4n) is 2.87. The highest BCUT2D eigenvalue weighted by Crippen LogP contribution is 2.30. The second-order valence-corrected chi connectivity index (χ2v) is 6.84. The van der Waals surface area contributed by atoms with Gasteiger partial charge in [-0.05, 0) is 30.5 Å². The molecule has 8 nitrogen and oxygen atoms in total. The smallest absolute Gasteiger partial charge is 0.259 e. The maximum absolute atomic E-state index is 12.6. The van der Waals surface area contributed by atoms with Gasteiger partial charge < -0.3 is 30.2 Å². The molecule has 1 heterocycles. The van der Waals surface area contributed by atoms with Crippen molar-refractivity contribution in [1.82, 2.24) is 10.2 Å². The first-order chi connectivity index (χ1) is 12.9. The number of nitrogens with two attached hydrogens (primary N) is 1. The Kier molecular flexibility index (Phi) is 9.51. The molecule has 1 saturated heterocycles. The summed E-state index contributed by atoms with van der Waals surface area (Å²) in [4.78, 5) is 25.8. The van der Waals surface area contributed by atoms with Crippen LogP contribution in [0.4, 0.5) is 0 Å². The lowest BCUT2D eigenvalue weighted by molar-refractivity contribution is -0.136. The van der Waals surface area contributed by atoms with Gasteiger partial charge in [-0.1, -0.05) is 6.07 Å². The molecule has 2 amide bonds. The number of carbonyl (C=O) groups excluding carboxylic acids is 2. The van der Waals surface area contributed by atoms with Gasteiger partial charge in [0.2, 0.25) is 5.91 Å². The molecule has 0 aromatic heterocycles. The molecule has 0 saturated carbocycles. The number of carbonyl (C=O) groups is 2. The van der Waals surface area contributed by atoms with Gasteiger partial charge in [-0.2, -0.15) is 0 Å². The lowest BCUT2D eigenvalue weighted by atomic mass is 9.79. The molecule has 158 valence electrons. The predicted molar refractivity (Wildman–Crippen MR) is 108 cm³/mol. The van der Waals surface area contributed by atoms with Crippen molar-refractivity contribution in [2.45, 2.75) is 19.4 Å². The minimum atomic E-state index is -0.558. The Morgan fingerprint density at radius 2 is 1.93 bits per heavy atom. The molecule has 1 fully saturated rings. The standard InChI is InChI=1S/C19H29N3O5.ClH/c1-22(2)17(23)12-27-15-5-4-14(10-16(15)25-3)11-21-18(24)19(13-20)6-8-26-9-7-19;/h4-5,10H,6-9,11-13,20H2,1-3H3,(H,21,24);1H. The van der Waals surface area contributed by atoms with Gasteiger partial charge in [-0.3, -0.25) is 9.59 Å². The van der Waals surface area contributed by atoms with Gasteiger partial charge in [0.25, 0.3) is 5.91 Å². The van der Waals surface area contributed by atoms with E-state index in [4.69, 9.17) is 19.9 Å². The Morgan fingerprint density at radius 1 is 1.25 bits per heavy atom. The lowest BCUT2D eigenvalue weighted by Gasteiger charge is -2.34. The molecule has 0 aliphatic carbocycles. The van der Waals surface area contributed by atoms with Gasteiger partial charge in [0.1, 0.15) is 0 Å². The van der Waals surface area contributed by atoms with E-state index in [9.17, 15) is 9.59 Å². The molecule has 0 atom stereocenters. The van der Waals surface area contributed by atoms with Crippen LogP contribution in [0.5, 0.6) is 11.5 Å². The zero-order chi connectivity index (χ0) is 19.9. The first kappa shape index (κ1) is 24.0. The largest absolute Gasteiger partial charge is 0.493 e. The lowest BCUT2D eigenvalue weighted by Crippen LogP contribution is -2.48. The first-order valence-corrected chi connectivity index (χ1v) is 8.98. The molecule has 1 aromatic carbocycles.